The quantitative estimate of drug-likeness (QED) is 0.707. The average Bonchev–Trinajstić information content (AvgIpc) is 2.62. The molecule has 0 aliphatic carbocycles. The zero-order valence-corrected chi connectivity index (χ0v) is 14.6. The van der Waals surface area contributed by atoms with Crippen molar-refractivity contribution in [1.82, 2.24) is 15.2 Å². The molecule has 7 heteroatoms. The van der Waals surface area contributed by atoms with Crippen molar-refractivity contribution in [2.75, 3.05) is 5.32 Å². The largest absolute Gasteiger partial charge is 0.437 e. The summed E-state index contributed by atoms with van der Waals surface area (Å²) in [5.41, 5.74) is 7.78. The van der Waals surface area contributed by atoms with E-state index in [0.717, 1.165) is 17.7 Å². The Kier molecular flexibility index (Phi) is 5.07. The van der Waals surface area contributed by atoms with Gasteiger partial charge in [-0.3, -0.25) is 4.79 Å². The summed E-state index contributed by atoms with van der Waals surface area (Å²) in [7, 11) is 0. The van der Waals surface area contributed by atoms with E-state index in [2.05, 4.69) is 27.4 Å². The molecule has 132 valence electrons. The lowest BCUT2D eigenvalue weighted by Crippen LogP contribution is -2.16. The molecule has 0 bridgehead atoms. The molecular formula is C19H19N5O2. The summed E-state index contributed by atoms with van der Waals surface area (Å²) in [4.78, 5) is 16.0. The number of aryl methyl sites for hydroxylation is 2. The molecule has 0 aliphatic heterocycles. The molecule has 0 saturated carbocycles. The lowest BCUT2D eigenvalue weighted by Gasteiger charge is -2.11. The highest BCUT2D eigenvalue weighted by Crippen LogP contribution is 2.25. The number of hydrogen-bond donors (Lipinski definition) is 2. The Morgan fingerprint density at radius 3 is 2.69 bits per heavy atom. The number of primary amides is 1. The molecule has 0 spiro atoms. The van der Waals surface area contributed by atoms with Crippen LogP contribution >= 0.6 is 0 Å². The van der Waals surface area contributed by atoms with Crippen molar-refractivity contribution in [2.24, 2.45) is 5.73 Å². The molecule has 0 radical (unpaired) electrons. The van der Waals surface area contributed by atoms with Crippen molar-refractivity contribution in [3.63, 3.8) is 0 Å². The number of nitrogens with two attached hydrogens (primary N) is 1. The van der Waals surface area contributed by atoms with Crippen LogP contribution in [0.4, 0.5) is 11.5 Å². The van der Waals surface area contributed by atoms with Gasteiger partial charge in [0.15, 0.2) is 5.69 Å². The lowest BCUT2D eigenvalue weighted by atomic mass is 10.2. The fourth-order valence-electron chi connectivity index (χ4n) is 2.40. The summed E-state index contributed by atoms with van der Waals surface area (Å²) in [5.74, 6) is 0.773. The van der Waals surface area contributed by atoms with Crippen molar-refractivity contribution in [1.29, 1.82) is 0 Å². The van der Waals surface area contributed by atoms with E-state index in [0.29, 0.717) is 17.3 Å². The average molecular weight is 349 g/mol. The molecule has 1 aromatic carbocycles. The highest BCUT2D eigenvalue weighted by atomic mass is 16.5. The van der Waals surface area contributed by atoms with Crippen molar-refractivity contribution < 1.29 is 9.53 Å². The van der Waals surface area contributed by atoms with Crippen molar-refractivity contribution in [3.8, 4) is 11.6 Å². The first-order valence-corrected chi connectivity index (χ1v) is 8.20. The minimum Gasteiger partial charge on any atom is -0.437 e. The van der Waals surface area contributed by atoms with E-state index in [1.165, 1.54) is 0 Å². The monoisotopic (exact) mass is 349 g/mol. The van der Waals surface area contributed by atoms with Crippen LogP contribution in [0, 0.1) is 6.92 Å². The summed E-state index contributed by atoms with van der Waals surface area (Å²) < 4.78 is 5.77. The maximum Gasteiger partial charge on any atom is 0.271 e. The first-order valence-electron chi connectivity index (χ1n) is 8.20. The second-order valence-electron chi connectivity index (χ2n) is 5.70. The number of aromatic nitrogens is 3. The number of hydrogen-bond acceptors (Lipinski definition) is 6. The lowest BCUT2D eigenvalue weighted by molar-refractivity contribution is 0.0995. The van der Waals surface area contributed by atoms with Crippen LogP contribution in [0.1, 0.15) is 28.7 Å². The van der Waals surface area contributed by atoms with Gasteiger partial charge in [0.1, 0.15) is 11.6 Å². The Bertz CT molecular complexity index is 943. The number of carbonyl (C=O) groups excluding carboxylic acids is 1. The second-order valence-corrected chi connectivity index (χ2v) is 5.70. The molecule has 3 N–H and O–H groups in total. The number of ether oxygens (including phenoxy) is 1. The summed E-state index contributed by atoms with van der Waals surface area (Å²) in [6.07, 6.45) is 0.898. The van der Waals surface area contributed by atoms with E-state index >= 15 is 0 Å². The number of anilines is 2. The molecule has 2 heterocycles. The zero-order valence-electron chi connectivity index (χ0n) is 14.6. The minimum atomic E-state index is -0.688. The SMILES string of the molecule is CCc1cccc(Oc2cc(Nc3cccc(C)n3)c(C(N)=O)nn2)c1. The highest BCUT2D eigenvalue weighted by Gasteiger charge is 2.14. The van der Waals surface area contributed by atoms with Crippen molar-refractivity contribution >= 4 is 17.4 Å². The molecule has 2 aromatic heterocycles. The van der Waals surface area contributed by atoms with Gasteiger partial charge in [0, 0.05) is 11.8 Å². The van der Waals surface area contributed by atoms with Gasteiger partial charge in [-0.1, -0.05) is 25.1 Å². The van der Waals surface area contributed by atoms with Gasteiger partial charge in [0.05, 0.1) is 5.69 Å². The van der Waals surface area contributed by atoms with Crippen LogP contribution < -0.4 is 15.8 Å². The maximum absolute atomic E-state index is 11.7. The number of nitrogens with zero attached hydrogens (tertiary/aromatic N) is 3. The molecule has 0 saturated heterocycles. The van der Waals surface area contributed by atoms with Crippen molar-refractivity contribution in [3.05, 3.63) is 65.5 Å². The van der Waals surface area contributed by atoms with Crippen LogP contribution in [0.25, 0.3) is 0 Å². The molecule has 1 amide bonds. The van der Waals surface area contributed by atoms with E-state index < -0.39 is 5.91 Å². The smallest absolute Gasteiger partial charge is 0.271 e. The van der Waals surface area contributed by atoms with Gasteiger partial charge in [-0.25, -0.2) is 4.98 Å². The summed E-state index contributed by atoms with van der Waals surface area (Å²) in [5, 5.41) is 10.9. The number of carbonyl (C=O) groups is 1. The van der Waals surface area contributed by atoms with Gasteiger partial charge in [0.25, 0.3) is 5.91 Å². The number of amides is 1. The Hall–Kier alpha value is -3.48. The first kappa shape index (κ1) is 17.3. The number of nitrogens with one attached hydrogen (secondary N) is 1. The molecular weight excluding hydrogens is 330 g/mol. The van der Waals surface area contributed by atoms with Gasteiger partial charge in [-0.2, -0.15) is 0 Å². The van der Waals surface area contributed by atoms with Gasteiger partial charge < -0.3 is 15.8 Å². The minimum absolute atomic E-state index is 0.0166. The molecule has 0 fully saturated rings. The number of rotatable bonds is 6. The topological polar surface area (TPSA) is 103 Å². The summed E-state index contributed by atoms with van der Waals surface area (Å²) >= 11 is 0. The Labute approximate surface area is 151 Å². The summed E-state index contributed by atoms with van der Waals surface area (Å²) in [6, 6.07) is 14.8. The van der Waals surface area contributed by atoms with Crippen LogP contribution in [0.3, 0.4) is 0 Å². The van der Waals surface area contributed by atoms with E-state index in [-0.39, 0.29) is 11.6 Å². The predicted molar refractivity (Wildman–Crippen MR) is 98.7 cm³/mol. The fourth-order valence-corrected chi connectivity index (χ4v) is 2.40. The maximum atomic E-state index is 11.7. The van der Waals surface area contributed by atoms with Gasteiger partial charge in [-0.15, -0.1) is 10.2 Å². The fraction of sp³-hybridized carbons (Fsp3) is 0.158. The zero-order chi connectivity index (χ0) is 18.5. The van der Waals surface area contributed by atoms with E-state index in [9.17, 15) is 4.79 Å². The van der Waals surface area contributed by atoms with E-state index in [1.54, 1.807) is 12.1 Å². The number of pyridine rings is 1. The third-order valence-electron chi connectivity index (χ3n) is 3.69. The van der Waals surface area contributed by atoms with Crippen LogP contribution in [-0.2, 0) is 6.42 Å². The van der Waals surface area contributed by atoms with E-state index in [1.807, 2.05) is 43.3 Å². The second kappa shape index (κ2) is 7.60. The molecule has 3 rings (SSSR count). The molecule has 0 aliphatic rings. The Morgan fingerprint density at radius 1 is 1.15 bits per heavy atom. The van der Waals surface area contributed by atoms with Crippen LogP contribution in [0.15, 0.2) is 48.5 Å². The summed E-state index contributed by atoms with van der Waals surface area (Å²) in [6.45, 7) is 3.94. The Balaban J connectivity index is 1.91. The third kappa shape index (κ3) is 4.13. The molecule has 0 atom stereocenters. The molecule has 3 aromatic rings. The van der Waals surface area contributed by atoms with Crippen molar-refractivity contribution in [2.45, 2.75) is 20.3 Å². The molecule has 26 heavy (non-hydrogen) atoms. The highest BCUT2D eigenvalue weighted by molar-refractivity contribution is 5.97. The Morgan fingerprint density at radius 2 is 1.96 bits per heavy atom. The van der Waals surface area contributed by atoms with Crippen LogP contribution in [0.5, 0.6) is 11.6 Å². The van der Waals surface area contributed by atoms with Crippen LogP contribution in [-0.4, -0.2) is 21.1 Å². The van der Waals surface area contributed by atoms with Gasteiger partial charge in [0.2, 0.25) is 5.88 Å². The predicted octanol–water partition coefficient (Wildman–Crippen LogP) is 3.38. The standard InChI is InChI=1S/C19H19N5O2/c1-3-13-7-5-8-14(10-13)26-17-11-15(18(19(20)25)24-23-17)22-16-9-4-6-12(2)21-16/h4-11H,3H2,1-2H3,(H2,20,25)(H,21,22,23). The van der Waals surface area contributed by atoms with Gasteiger partial charge in [-0.05, 0) is 43.2 Å². The van der Waals surface area contributed by atoms with E-state index in [4.69, 9.17) is 10.5 Å². The molecule has 0 unspecified atom stereocenters. The normalized spacial score (nSPS) is 10.4. The van der Waals surface area contributed by atoms with Gasteiger partial charge >= 0.3 is 0 Å². The number of benzene rings is 1. The molecule has 7 nitrogen and oxygen atoms in total. The first-order chi connectivity index (χ1) is 12.5. The van der Waals surface area contributed by atoms with Crippen LogP contribution in [0.2, 0.25) is 0 Å². The third-order valence-corrected chi connectivity index (χ3v) is 3.69.